The van der Waals surface area contributed by atoms with Crippen molar-refractivity contribution in [3.8, 4) is 0 Å². The number of H-pyrrole nitrogens is 1. The lowest BCUT2D eigenvalue weighted by Gasteiger charge is -2.09. The summed E-state index contributed by atoms with van der Waals surface area (Å²) >= 11 is 0. The molecule has 0 spiro atoms. The summed E-state index contributed by atoms with van der Waals surface area (Å²) in [5.41, 5.74) is 2.80. The normalized spacial score (nSPS) is 10.6. The van der Waals surface area contributed by atoms with Crippen LogP contribution in [0.15, 0.2) is 36.5 Å². The van der Waals surface area contributed by atoms with Gasteiger partial charge in [0.15, 0.2) is 0 Å². The van der Waals surface area contributed by atoms with Crippen molar-refractivity contribution in [3.05, 3.63) is 47.9 Å². The molecule has 0 aliphatic heterocycles. The van der Waals surface area contributed by atoms with E-state index in [0.29, 0.717) is 12.4 Å². The largest absolute Gasteiger partial charge is 0.352 e. The van der Waals surface area contributed by atoms with Gasteiger partial charge in [0.05, 0.1) is 5.39 Å². The number of aromatic nitrogens is 3. The Labute approximate surface area is 128 Å². The van der Waals surface area contributed by atoms with Gasteiger partial charge in [-0.25, -0.2) is 9.97 Å². The number of aryl methyl sites for hydroxylation is 1. The molecule has 1 aromatic carbocycles. The van der Waals surface area contributed by atoms with Gasteiger partial charge in [-0.2, -0.15) is 0 Å². The molecule has 6 heteroatoms. The van der Waals surface area contributed by atoms with Crippen LogP contribution in [0.3, 0.4) is 0 Å². The van der Waals surface area contributed by atoms with Gasteiger partial charge in [0.25, 0.3) is 0 Å². The fourth-order valence-electron chi connectivity index (χ4n) is 2.22. The van der Waals surface area contributed by atoms with Crippen molar-refractivity contribution < 1.29 is 4.79 Å². The molecule has 0 aliphatic carbocycles. The van der Waals surface area contributed by atoms with Crippen molar-refractivity contribution in [2.45, 2.75) is 20.4 Å². The Kier molecular flexibility index (Phi) is 3.74. The topological polar surface area (TPSA) is 82.7 Å². The molecule has 3 N–H and O–H groups in total. The molecule has 6 nitrogen and oxygen atoms in total. The van der Waals surface area contributed by atoms with Crippen LogP contribution in [0.4, 0.5) is 11.5 Å². The quantitative estimate of drug-likeness (QED) is 0.691. The van der Waals surface area contributed by atoms with Crippen molar-refractivity contribution in [3.63, 3.8) is 0 Å². The zero-order valence-electron chi connectivity index (χ0n) is 12.5. The Bertz CT molecular complexity index is 807. The molecule has 2 heterocycles. The Morgan fingerprint density at radius 1 is 1.18 bits per heavy atom. The van der Waals surface area contributed by atoms with Crippen molar-refractivity contribution in [2.24, 2.45) is 0 Å². The predicted octanol–water partition coefficient (Wildman–Crippen LogP) is 2.65. The van der Waals surface area contributed by atoms with Gasteiger partial charge >= 0.3 is 0 Å². The minimum Gasteiger partial charge on any atom is -0.352 e. The SMILES string of the molecule is CC(=O)NCc1ccc(Nc2nc(C)nc3[nH]ccc23)cc1. The molecule has 112 valence electrons. The molecule has 0 fully saturated rings. The van der Waals surface area contributed by atoms with Crippen molar-refractivity contribution in [2.75, 3.05) is 5.32 Å². The van der Waals surface area contributed by atoms with Crippen molar-refractivity contribution in [1.82, 2.24) is 20.3 Å². The van der Waals surface area contributed by atoms with Gasteiger partial charge in [0, 0.05) is 25.4 Å². The first-order chi connectivity index (χ1) is 10.6. The number of amides is 1. The van der Waals surface area contributed by atoms with E-state index in [2.05, 4.69) is 25.6 Å². The number of anilines is 2. The fraction of sp³-hybridized carbons (Fsp3) is 0.188. The standard InChI is InChI=1S/C16H17N5O/c1-10-19-15-14(7-8-17-15)16(20-10)21-13-5-3-12(4-6-13)9-18-11(2)22/h3-8H,9H2,1-2H3,(H,18,22)(H2,17,19,20,21). The molecule has 22 heavy (non-hydrogen) atoms. The van der Waals surface area contributed by atoms with E-state index >= 15 is 0 Å². The Morgan fingerprint density at radius 3 is 2.68 bits per heavy atom. The number of nitrogens with zero attached hydrogens (tertiary/aromatic N) is 2. The van der Waals surface area contributed by atoms with E-state index in [4.69, 9.17) is 0 Å². The average molecular weight is 295 g/mol. The second-order valence-electron chi connectivity index (χ2n) is 5.09. The lowest BCUT2D eigenvalue weighted by Crippen LogP contribution is -2.18. The lowest BCUT2D eigenvalue weighted by atomic mass is 10.2. The molecule has 0 radical (unpaired) electrons. The van der Waals surface area contributed by atoms with Crippen LogP contribution in [0.25, 0.3) is 11.0 Å². The van der Waals surface area contributed by atoms with Crippen LogP contribution in [0.2, 0.25) is 0 Å². The molecule has 1 amide bonds. The van der Waals surface area contributed by atoms with Gasteiger partial charge in [-0.1, -0.05) is 12.1 Å². The number of rotatable bonds is 4. The van der Waals surface area contributed by atoms with E-state index in [1.165, 1.54) is 6.92 Å². The highest BCUT2D eigenvalue weighted by Crippen LogP contribution is 2.23. The van der Waals surface area contributed by atoms with Crippen LogP contribution >= 0.6 is 0 Å². The summed E-state index contributed by atoms with van der Waals surface area (Å²) in [5, 5.41) is 7.03. The van der Waals surface area contributed by atoms with Gasteiger partial charge in [0.1, 0.15) is 17.3 Å². The molecule has 0 saturated heterocycles. The predicted molar refractivity (Wildman–Crippen MR) is 85.9 cm³/mol. The van der Waals surface area contributed by atoms with Crippen LogP contribution in [-0.4, -0.2) is 20.9 Å². The number of carbonyl (C=O) groups excluding carboxylic acids is 1. The number of carbonyl (C=O) groups is 1. The zero-order chi connectivity index (χ0) is 15.5. The average Bonchev–Trinajstić information content (AvgIpc) is 2.94. The maximum absolute atomic E-state index is 10.9. The molecule has 0 unspecified atom stereocenters. The molecule has 3 aromatic rings. The summed E-state index contributed by atoms with van der Waals surface area (Å²) in [7, 11) is 0. The number of benzene rings is 1. The van der Waals surface area contributed by atoms with E-state index < -0.39 is 0 Å². The first-order valence-electron chi connectivity index (χ1n) is 7.04. The molecule has 0 saturated carbocycles. The van der Waals surface area contributed by atoms with Crippen LogP contribution < -0.4 is 10.6 Å². The van der Waals surface area contributed by atoms with Gasteiger partial charge in [-0.05, 0) is 30.7 Å². The van der Waals surface area contributed by atoms with Crippen LogP contribution in [0.5, 0.6) is 0 Å². The summed E-state index contributed by atoms with van der Waals surface area (Å²) in [6, 6.07) is 9.82. The van der Waals surface area contributed by atoms with Crippen molar-refractivity contribution in [1.29, 1.82) is 0 Å². The second kappa shape index (κ2) is 5.85. The Morgan fingerprint density at radius 2 is 1.95 bits per heavy atom. The van der Waals surface area contributed by atoms with E-state index in [1.807, 2.05) is 43.5 Å². The highest BCUT2D eigenvalue weighted by molar-refractivity contribution is 5.88. The lowest BCUT2D eigenvalue weighted by molar-refractivity contribution is -0.119. The van der Waals surface area contributed by atoms with Gasteiger partial charge in [0.2, 0.25) is 5.91 Å². The van der Waals surface area contributed by atoms with Gasteiger partial charge in [-0.3, -0.25) is 4.79 Å². The molecule has 2 aromatic heterocycles. The molecular formula is C16H17N5O. The molecule has 3 rings (SSSR count). The third-order valence-electron chi connectivity index (χ3n) is 3.29. The summed E-state index contributed by atoms with van der Waals surface area (Å²) in [5.74, 6) is 1.45. The monoisotopic (exact) mass is 295 g/mol. The van der Waals surface area contributed by atoms with E-state index in [-0.39, 0.29) is 5.91 Å². The first kappa shape index (κ1) is 14.1. The summed E-state index contributed by atoms with van der Waals surface area (Å²) < 4.78 is 0. The highest BCUT2D eigenvalue weighted by Gasteiger charge is 2.07. The van der Waals surface area contributed by atoms with E-state index in [1.54, 1.807) is 0 Å². The maximum atomic E-state index is 10.9. The number of fused-ring (bicyclic) bond motifs is 1. The summed E-state index contributed by atoms with van der Waals surface area (Å²) in [4.78, 5) is 22.8. The molecule has 0 atom stereocenters. The third-order valence-corrected chi connectivity index (χ3v) is 3.29. The number of nitrogens with one attached hydrogen (secondary N) is 3. The van der Waals surface area contributed by atoms with Crippen molar-refractivity contribution >= 4 is 28.4 Å². The second-order valence-corrected chi connectivity index (χ2v) is 5.09. The minimum absolute atomic E-state index is 0.0338. The fourth-order valence-corrected chi connectivity index (χ4v) is 2.22. The third kappa shape index (κ3) is 3.06. The minimum atomic E-state index is -0.0338. The zero-order valence-corrected chi connectivity index (χ0v) is 12.5. The molecule has 0 bridgehead atoms. The molecule has 0 aliphatic rings. The summed E-state index contributed by atoms with van der Waals surface area (Å²) in [6.45, 7) is 3.90. The number of hydrogen-bond donors (Lipinski definition) is 3. The van der Waals surface area contributed by atoms with Crippen LogP contribution in [-0.2, 0) is 11.3 Å². The maximum Gasteiger partial charge on any atom is 0.217 e. The number of aromatic amines is 1. The number of hydrogen-bond acceptors (Lipinski definition) is 4. The smallest absolute Gasteiger partial charge is 0.217 e. The molecular weight excluding hydrogens is 278 g/mol. The Balaban J connectivity index is 1.80. The van der Waals surface area contributed by atoms with E-state index in [9.17, 15) is 4.79 Å². The van der Waals surface area contributed by atoms with E-state index in [0.717, 1.165) is 28.1 Å². The van der Waals surface area contributed by atoms with Gasteiger partial charge in [-0.15, -0.1) is 0 Å². The van der Waals surface area contributed by atoms with Crippen LogP contribution in [0.1, 0.15) is 18.3 Å². The Hall–Kier alpha value is -2.89. The summed E-state index contributed by atoms with van der Waals surface area (Å²) in [6.07, 6.45) is 1.85. The van der Waals surface area contributed by atoms with Crippen LogP contribution in [0, 0.1) is 6.92 Å². The first-order valence-corrected chi connectivity index (χ1v) is 7.04. The highest BCUT2D eigenvalue weighted by atomic mass is 16.1. The van der Waals surface area contributed by atoms with Gasteiger partial charge < -0.3 is 15.6 Å².